The molecule has 0 spiro atoms. The van der Waals surface area contributed by atoms with Gasteiger partial charge in [0, 0.05) is 13.2 Å². The molecule has 0 rings (SSSR count). The van der Waals surface area contributed by atoms with Crippen molar-refractivity contribution in [3.63, 3.8) is 0 Å². The molecule has 1 N–H and O–H groups in total. The second-order valence-electron chi connectivity index (χ2n) is 6.87. The van der Waals surface area contributed by atoms with Gasteiger partial charge in [0.25, 0.3) is 0 Å². The molecule has 0 radical (unpaired) electrons. The van der Waals surface area contributed by atoms with Crippen LogP contribution < -0.4 is 5.32 Å². The maximum atomic E-state index is 11.7. The van der Waals surface area contributed by atoms with Crippen molar-refractivity contribution in [2.45, 2.75) is 84.7 Å². The molecule has 0 fully saturated rings. The lowest BCUT2D eigenvalue weighted by molar-refractivity contribution is -0.133. The van der Waals surface area contributed by atoms with Crippen molar-refractivity contribution < 1.29 is 9.53 Å². The largest absolute Gasteiger partial charge is 0.368 e. The Bertz CT molecular complexity index is 515. The lowest BCUT2D eigenvalue weighted by atomic mass is 10.2. The Labute approximate surface area is 179 Å². The van der Waals surface area contributed by atoms with Crippen LogP contribution in [0.2, 0.25) is 0 Å². The monoisotopic (exact) mass is 401 g/mol. The smallest absolute Gasteiger partial charge is 0.249 e. The molecule has 0 saturated carbocycles. The molecule has 1 atom stereocenters. The highest BCUT2D eigenvalue weighted by Crippen LogP contribution is 2.03. The van der Waals surface area contributed by atoms with Crippen LogP contribution in [0, 0.1) is 0 Å². The van der Waals surface area contributed by atoms with Crippen molar-refractivity contribution in [3.05, 3.63) is 60.8 Å². The average Bonchev–Trinajstić information content (AvgIpc) is 2.72. The number of allylic oxidation sites excluding steroid dienone is 10. The van der Waals surface area contributed by atoms with Crippen molar-refractivity contribution in [1.82, 2.24) is 5.32 Å². The van der Waals surface area contributed by atoms with E-state index < -0.39 is 0 Å². The van der Waals surface area contributed by atoms with Crippen LogP contribution in [0.1, 0.15) is 78.6 Å². The number of carbonyl (C=O) groups is 1. The lowest BCUT2D eigenvalue weighted by Crippen LogP contribution is -2.36. The fourth-order valence-corrected chi connectivity index (χ4v) is 2.63. The Morgan fingerprint density at radius 3 is 1.76 bits per heavy atom. The van der Waals surface area contributed by atoms with Gasteiger partial charge in [0.2, 0.25) is 5.91 Å². The van der Waals surface area contributed by atoms with Gasteiger partial charge >= 0.3 is 0 Å². The molecule has 0 aliphatic rings. The molecule has 164 valence electrons. The Morgan fingerprint density at radius 1 is 0.759 bits per heavy atom. The van der Waals surface area contributed by atoms with E-state index in [2.05, 4.69) is 73.0 Å². The fraction of sp³-hybridized carbons (Fsp3) is 0.577. The minimum Gasteiger partial charge on any atom is -0.368 e. The Hall–Kier alpha value is -1.87. The highest BCUT2D eigenvalue weighted by molar-refractivity contribution is 5.80. The van der Waals surface area contributed by atoms with Crippen LogP contribution in [0.5, 0.6) is 0 Å². The van der Waals surface area contributed by atoms with Crippen LogP contribution in [0.15, 0.2) is 60.8 Å². The summed E-state index contributed by atoms with van der Waals surface area (Å²) < 4.78 is 5.67. The number of rotatable bonds is 18. The van der Waals surface area contributed by atoms with E-state index in [1.165, 1.54) is 0 Å². The number of likely N-dealkylation sites (N-methyl/N-ethyl adjacent to an activating group) is 1. The number of nitrogens with one attached hydrogen (secondary N) is 1. The summed E-state index contributed by atoms with van der Waals surface area (Å²) in [5.41, 5.74) is 0. The maximum absolute atomic E-state index is 11.7. The lowest BCUT2D eigenvalue weighted by Gasteiger charge is -2.15. The number of amides is 1. The zero-order valence-corrected chi connectivity index (χ0v) is 18.9. The standard InChI is InChI=1S/C26H43NO2/c1-4-7-8-9-10-11-12-13-14-15-16-17-18-19-20-21-22-23-24-29-25(5-2)26(28)27-6-3/h7-8,10-11,13-14,16-17,19-20,25H,4-6,9,12,15,18,21-24H2,1-3H3,(H,27,28)/b8-7-,11-10-,14-13-,17-16-,20-19-. The van der Waals surface area contributed by atoms with Crippen molar-refractivity contribution in [2.75, 3.05) is 13.2 Å². The van der Waals surface area contributed by atoms with Crippen LogP contribution in [0.3, 0.4) is 0 Å². The van der Waals surface area contributed by atoms with Crippen LogP contribution in [0.25, 0.3) is 0 Å². The first-order valence-electron chi connectivity index (χ1n) is 11.4. The van der Waals surface area contributed by atoms with E-state index in [4.69, 9.17) is 4.74 Å². The molecular formula is C26H43NO2. The Kier molecular flexibility index (Phi) is 21.0. The molecule has 0 aromatic rings. The summed E-state index contributed by atoms with van der Waals surface area (Å²) in [6, 6.07) is 0. The summed E-state index contributed by atoms with van der Waals surface area (Å²) in [7, 11) is 0. The zero-order valence-electron chi connectivity index (χ0n) is 18.9. The van der Waals surface area contributed by atoms with Gasteiger partial charge in [-0.25, -0.2) is 0 Å². The second kappa shape index (κ2) is 22.4. The van der Waals surface area contributed by atoms with Crippen LogP contribution in [-0.2, 0) is 9.53 Å². The maximum Gasteiger partial charge on any atom is 0.249 e. The molecule has 29 heavy (non-hydrogen) atoms. The predicted octanol–water partition coefficient (Wildman–Crippen LogP) is 6.84. The Balaban J connectivity index is 3.58. The van der Waals surface area contributed by atoms with E-state index in [-0.39, 0.29) is 12.0 Å². The third-order valence-corrected chi connectivity index (χ3v) is 4.26. The molecule has 3 nitrogen and oxygen atoms in total. The molecule has 0 aliphatic carbocycles. The minimum atomic E-state index is -0.302. The molecular weight excluding hydrogens is 358 g/mol. The number of unbranched alkanes of at least 4 members (excludes halogenated alkanes) is 2. The molecule has 1 amide bonds. The van der Waals surface area contributed by atoms with Crippen molar-refractivity contribution >= 4 is 5.91 Å². The predicted molar refractivity (Wildman–Crippen MR) is 127 cm³/mol. The summed E-state index contributed by atoms with van der Waals surface area (Å²) in [4.78, 5) is 11.7. The third-order valence-electron chi connectivity index (χ3n) is 4.26. The Morgan fingerprint density at radius 2 is 1.28 bits per heavy atom. The first-order chi connectivity index (χ1) is 14.3. The van der Waals surface area contributed by atoms with E-state index in [1.807, 2.05) is 13.8 Å². The topological polar surface area (TPSA) is 38.3 Å². The summed E-state index contributed by atoms with van der Waals surface area (Å²) in [5, 5.41) is 2.82. The van der Waals surface area contributed by atoms with Gasteiger partial charge < -0.3 is 10.1 Å². The van der Waals surface area contributed by atoms with Crippen LogP contribution in [0.4, 0.5) is 0 Å². The molecule has 0 aromatic carbocycles. The van der Waals surface area contributed by atoms with Crippen LogP contribution >= 0.6 is 0 Å². The number of hydrogen-bond acceptors (Lipinski definition) is 2. The van der Waals surface area contributed by atoms with Gasteiger partial charge in [-0.15, -0.1) is 0 Å². The quantitative estimate of drug-likeness (QED) is 0.202. The SMILES string of the molecule is CC/C=C\C/C=C\C/C=C\C/C=C\C/C=C\CCCCOC(CC)C(=O)NCC. The van der Waals surface area contributed by atoms with Gasteiger partial charge in [-0.05, 0) is 64.7 Å². The average molecular weight is 402 g/mol. The van der Waals surface area contributed by atoms with Gasteiger partial charge in [0.15, 0.2) is 0 Å². The number of ether oxygens (including phenoxy) is 1. The zero-order chi connectivity index (χ0) is 21.4. The molecule has 0 heterocycles. The van der Waals surface area contributed by atoms with Crippen molar-refractivity contribution in [1.29, 1.82) is 0 Å². The summed E-state index contributed by atoms with van der Waals surface area (Å²) >= 11 is 0. The van der Waals surface area contributed by atoms with Gasteiger partial charge in [-0.1, -0.05) is 74.6 Å². The molecule has 1 unspecified atom stereocenters. The molecule has 0 aliphatic heterocycles. The normalized spacial score (nSPS) is 13.6. The van der Waals surface area contributed by atoms with Crippen molar-refractivity contribution in [2.24, 2.45) is 0 Å². The second-order valence-corrected chi connectivity index (χ2v) is 6.87. The first kappa shape index (κ1) is 27.1. The third kappa shape index (κ3) is 19.2. The van der Waals surface area contributed by atoms with Crippen LogP contribution in [-0.4, -0.2) is 25.2 Å². The highest BCUT2D eigenvalue weighted by Gasteiger charge is 2.15. The van der Waals surface area contributed by atoms with Gasteiger partial charge in [-0.2, -0.15) is 0 Å². The number of hydrogen-bond donors (Lipinski definition) is 1. The minimum absolute atomic E-state index is 0.00725. The van der Waals surface area contributed by atoms with E-state index in [9.17, 15) is 4.79 Å². The summed E-state index contributed by atoms with van der Waals surface area (Å²) in [6.45, 7) is 7.37. The van der Waals surface area contributed by atoms with Crippen molar-refractivity contribution in [3.8, 4) is 0 Å². The van der Waals surface area contributed by atoms with Gasteiger partial charge in [-0.3, -0.25) is 4.79 Å². The summed E-state index contributed by atoms with van der Waals surface area (Å²) in [5.74, 6) is 0.00725. The summed E-state index contributed by atoms with van der Waals surface area (Å²) in [6.07, 6.45) is 30.9. The molecule has 0 aromatic heterocycles. The molecule has 0 bridgehead atoms. The molecule has 3 heteroatoms. The highest BCUT2D eigenvalue weighted by atomic mass is 16.5. The van der Waals surface area contributed by atoms with E-state index in [0.29, 0.717) is 13.2 Å². The van der Waals surface area contributed by atoms with Gasteiger partial charge in [0.1, 0.15) is 6.10 Å². The molecule has 0 saturated heterocycles. The van der Waals surface area contributed by atoms with E-state index >= 15 is 0 Å². The van der Waals surface area contributed by atoms with Gasteiger partial charge in [0.05, 0.1) is 0 Å². The number of carbonyl (C=O) groups excluding carboxylic acids is 1. The van der Waals surface area contributed by atoms with E-state index in [0.717, 1.165) is 57.8 Å². The fourth-order valence-electron chi connectivity index (χ4n) is 2.63. The van der Waals surface area contributed by atoms with E-state index in [1.54, 1.807) is 0 Å². The first-order valence-corrected chi connectivity index (χ1v) is 11.4.